The van der Waals surface area contributed by atoms with E-state index in [1.807, 2.05) is 31.2 Å². The molecule has 1 aliphatic heterocycles. The van der Waals surface area contributed by atoms with Crippen LogP contribution in [0.15, 0.2) is 48.9 Å². The van der Waals surface area contributed by atoms with Crippen LogP contribution in [0.3, 0.4) is 0 Å². The van der Waals surface area contributed by atoms with Crippen LogP contribution in [0.1, 0.15) is 23.0 Å². The molecule has 0 spiro atoms. The van der Waals surface area contributed by atoms with Crippen molar-refractivity contribution in [2.24, 2.45) is 0 Å². The molecule has 186 valence electrons. The van der Waals surface area contributed by atoms with E-state index in [0.29, 0.717) is 66.3 Å². The molecular weight excluding hydrogens is 461 g/mol. The lowest BCUT2D eigenvalue weighted by atomic mass is 9.97. The van der Waals surface area contributed by atoms with E-state index in [9.17, 15) is 4.79 Å². The Morgan fingerprint density at radius 3 is 2.56 bits per heavy atom. The molecule has 1 N–H and O–H groups in total. The van der Waals surface area contributed by atoms with E-state index in [-0.39, 0.29) is 11.7 Å². The van der Waals surface area contributed by atoms with Crippen molar-refractivity contribution in [2.45, 2.75) is 13.3 Å². The number of H-pyrrole nitrogens is 1. The summed E-state index contributed by atoms with van der Waals surface area (Å²) in [4.78, 5) is 29.0. The Morgan fingerprint density at radius 1 is 1.06 bits per heavy atom. The first-order valence-electron chi connectivity index (χ1n) is 11.9. The van der Waals surface area contributed by atoms with Gasteiger partial charge in [0.05, 0.1) is 25.9 Å². The first-order valence-corrected chi connectivity index (χ1v) is 11.9. The number of aromatic nitrogens is 3. The van der Waals surface area contributed by atoms with Crippen LogP contribution < -0.4 is 14.4 Å². The summed E-state index contributed by atoms with van der Waals surface area (Å²) in [6.45, 7) is 4.17. The highest BCUT2D eigenvalue weighted by Gasteiger charge is 2.27. The molecule has 1 saturated heterocycles. The quantitative estimate of drug-likeness (QED) is 0.435. The molecule has 0 unspecified atom stereocenters. The number of methoxy groups -OCH3 is 2. The van der Waals surface area contributed by atoms with Gasteiger partial charge in [-0.1, -0.05) is 6.92 Å². The largest absolute Gasteiger partial charge is 0.494 e. The summed E-state index contributed by atoms with van der Waals surface area (Å²) in [5, 5.41) is 0.634. The zero-order valence-electron chi connectivity index (χ0n) is 20.5. The molecule has 3 aromatic heterocycles. The third kappa shape index (κ3) is 4.10. The lowest BCUT2D eigenvalue weighted by Crippen LogP contribution is -2.49. The minimum absolute atomic E-state index is 0.163. The minimum Gasteiger partial charge on any atom is -0.494 e. The van der Waals surface area contributed by atoms with Crippen LogP contribution in [-0.4, -0.2) is 66.2 Å². The molecule has 8 nitrogen and oxygen atoms in total. The van der Waals surface area contributed by atoms with Gasteiger partial charge in [-0.15, -0.1) is 0 Å². The molecule has 4 heterocycles. The number of anilines is 1. The molecule has 0 saturated carbocycles. The number of rotatable bonds is 6. The zero-order chi connectivity index (χ0) is 25.2. The number of hydrogen-bond donors (Lipinski definition) is 1. The smallest absolute Gasteiger partial charge is 0.270 e. The van der Waals surface area contributed by atoms with E-state index in [1.165, 1.54) is 0 Å². The predicted molar refractivity (Wildman–Crippen MR) is 136 cm³/mol. The molecule has 1 aromatic carbocycles. The van der Waals surface area contributed by atoms with Crippen LogP contribution in [0.2, 0.25) is 0 Å². The van der Waals surface area contributed by atoms with E-state index in [2.05, 4.69) is 19.9 Å². The molecular formula is C27H28FN5O3. The highest BCUT2D eigenvalue weighted by atomic mass is 19.1. The maximum absolute atomic E-state index is 15.4. The van der Waals surface area contributed by atoms with Gasteiger partial charge in [-0.05, 0) is 47.9 Å². The summed E-state index contributed by atoms with van der Waals surface area (Å²) < 4.78 is 26.3. The van der Waals surface area contributed by atoms with Gasteiger partial charge in [-0.25, -0.2) is 9.37 Å². The lowest BCUT2D eigenvalue weighted by molar-refractivity contribution is 0.0741. The van der Waals surface area contributed by atoms with Crippen molar-refractivity contribution in [1.29, 1.82) is 0 Å². The molecule has 0 atom stereocenters. The summed E-state index contributed by atoms with van der Waals surface area (Å²) in [5.74, 6) is 1.55. The van der Waals surface area contributed by atoms with Crippen molar-refractivity contribution in [3.63, 3.8) is 0 Å². The maximum Gasteiger partial charge on any atom is 0.270 e. The lowest BCUT2D eigenvalue weighted by Gasteiger charge is -2.35. The fraction of sp³-hybridized carbons (Fsp3) is 0.296. The fourth-order valence-corrected chi connectivity index (χ4v) is 4.75. The number of ether oxygens (including phenoxy) is 2. The molecule has 1 fully saturated rings. The number of aromatic amines is 1. The first-order chi connectivity index (χ1) is 17.5. The van der Waals surface area contributed by atoms with E-state index in [1.54, 1.807) is 43.8 Å². The summed E-state index contributed by atoms with van der Waals surface area (Å²) in [6.07, 6.45) is 5.55. The summed E-state index contributed by atoms with van der Waals surface area (Å²) in [5.41, 5.74) is 2.84. The maximum atomic E-state index is 15.4. The van der Waals surface area contributed by atoms with Gasteiger partial charge < -0.3 is 24.3 Å². The molecule has 0 aliphatic carbocycles. The molecule has 0 bridgehead atoms. The molecule has 1 amide bonds. The zero-order valence-corrected chi connectivity index (χ0v) is 20.5. The number of halogens is 1. The second-order valence-electron chi connectivity index (χ2n) is 8.61. The van der Waals surface area contributed by atoms with Crippen LogP contribution in [0.4, 0.5) is 10.2 Å². The second kappa shape index (κ2) is 9.85. The second-order valence-corrected chi connectivity index (χ2v) is 8.61. The van der Waals surface area contributed by atoms with E-state index < -0.39 is 0 Å². The molecule has 5 rings (SSSR count). The van der Waals surface area contributed by atoms with E-state index in [0.717, 1.165) is 16.9 Å². The standard InChI is InChI=1S/C27H28FN5O3/c1-4-17-14-19(18-7-9-29-16-23(18)36-3)20-15-21(31-25(20)24(17)28)27(34)33-12-10-32(11-13-33)26-22(35-2)6-5-8-30-26/h5-9,14-16,31H,4,10-13H2,1-3H3. The number of aryl methyl sites for hydroxylation is 1. The number of hydrogen-bond acceptors (Lipinski definition) is 6. The Kier molecular flexibility index (Phi) is 6.45. The van der Waals surface area contributed by atoms with Crippen molar-refractivity contribution in [2.75, 3.05) is 45.3 Å². The number of nitrogens with zero attached hydrogens (tertiary/aromatic N) is 4. The third-order valence-electron chi connectivity index (χ3n) is 6.67. The Bertz CT molecular complexity index is 1410. The van der Waals surface area contributed by atoms with Crippen LogP contribution in [0, 0.1) is 5.82 Å². The topological polar surface area (TPSA) is 83.6 Å². The number of carbonyl (C=O) groups excluding carboxylic acids is 1. The van der Waals surface area contributed by atoms with Crippen LogP contribution in [0.25, 0.3) is 22.0 Å². The first kappa shape index (κ1) is 23.6. The normalized spacial score (nSPS) is 13.8. The number of amides is 1. The Hall–Kier alpha value is -4.14. The SMILES string of the molecule is CCc1cc(-c2ccncc2OC)c2cc(C(=O)N3CCN(c4ncccc4OC)CC3)[nH]c2c1F. The van der Waals surface area contributed by atoms with Gasteiger partial charge in [-0.3, -0.25) is 9.78 Å². The van der Waals surface area contributed by atoms with Crippen molar-refractivity contribution in [3.8, 4) is 22.6 Å². The number of carbonyl (C=O) groups is 1. The van der Waals surface area contributed by atoms with Gasteiger partial charge in [0.1, 0.15) is 17.3 Å². The Balaban J connectivity index is 1.46. The van der Waals surface area contributed by atoms with Crippen LogP contribution in [-0.2, 0) is 6.42 Å². The molecule has 0 radical (unpaired) electrons. The van der Waals surface area contributed by atoms with E-state index >= 15 is 4.39 Å². The van der Waals surface area contributed by atoms with Crippen molar-refractivity contribution in [1.82, 2.24) is 19.9 Å². The Morgan fingerprint density at radius 2 is 1.83 bits per heavy atom. The monoisotopic (exact) mass is 489 g/mol. The molecule has 4 aromatic rings. The number of nitrogens with one attached hydrogen (secondary N) is 1. The van der Waals surface area contributed by atoms with Crippen LogP contribution >= 0.6 is 0 Å². The van der Waals surface area contributed by atoms with E-state index in [4.69, 9.17) is 9.47 Å². The van der Waals surface area contributed by atoms with Crippen molar-refractivity contribution >= 4 is 22.6 Å². The van der Waals surface area contributed by atoms with Gasteiger partial charge in [0.2, 0.25) is 0 Å². The average molecular weight is 490 g/mol. The van der Waals surface area contributed by atoms with Gasteiger partial charge in [-0.2, -0.15) is 0 Å². The minimum atomic E-state index is -0.338. The third-order valence-corrected chi connectivity index (χ3v) is 6.67. The summed E-state index contributed by atoms with van der Waals surface area (Å²) >= 11 is 0. The number of fused-ring (bicyclic) bond motifs is 1. The summed E-state index contributed by atoms with van der Waals surface area (Å²) in [7, 11) is 3.20. The van der Waals surface area contributed by atoms with Gasteiger partial charge in [0, 0.05) is 49.5 Å². The molecule has 9 heteroatoms. The molecule has 36 heavy (non-hydrogen) atoms. The van der Waals surface area contributed by atoms with Gasteiger partial charge >= 0.3 is 0 Å². The highest BCUT2D eigenvalue weighted by Crippen LogP contribution is 2.37. The van der Waals surface area contributed by atoms with Crippen LogP contribution in [0.5, 0.6) is 11.5 Å². The number of benzene rings is 1. The van der Waals surface area contributed by atoms with Gasteiger partial charge in [0.15, 0.2) is 11.6 Å². The summed E-state index contributed by atoms with van der Waals surface area (Å²) in [6, 6.07) is 9.11. The Labute approximate surface area is 208 Å². The van der Waals surface area contributed by atoms with Crippen molar-refractivity contribution in [3.05, 3.63) is 66.0 Å². The average Bonchev–Trinajstić information content (AvgIpc) is 3.39. The fourth-order valence-electron chi connectivity index (χ4n) is 4.75. The number of pyridine rings is 2. The van der Waals surface area contributed by atoms with Gasteiger partial charge in [0.25, 0.3) is 5.91 Å². The highest BCUT2D eigenvalue weighted by molar-refractivity contribution is 6.04. The predicted octanol–water partition coefficient (Wildman–Crippen LogP) is 4.31. The van der Waals surface area contributed by atoms with Crippen molar-refractivity contribution < 1.29 is 18.7 Å². The molecule has 1 aliphatic rings. The number of piperazine rings is 1.